The summed E-state index contributed by atoms with van der Waals surface area (Å²) < 4.78 is 50.7. The standard InChI is InChI=1S/C11H12F4N2O3/c12-6-1-2-9(8(3-6)11(13,14)15)17-10(20)16-4-7(19)5-18/h1-3,7,18-19H,4-5H2,(H2,16,17,20)/t7-/m1/s1. The number of hydrogen-bond acceptors (Lipinski definition) is 3. The Hall–Kier alpha value is -1.87. The van der Waals surface area contributed by atoms with Crippen LogP contribution in [0.4, 0.5) is 28.0 Å². The second-order valence-corrected chi connectivity index (χ2v) is 3.86. The van der Waals surface area contributed by atoms with Gasteiger partial charge in [0.05, 0.1) is 24.0 Å². The van der Waals surface area contributed by atoms with E-state index in [9.17, 15) is 22.4 Å². The van der Waals surface area contributed by atoms with E-state index < -0.39 is 42.0 Å². The highest BCUT2D eigenvalue weighted by Gasteiger charge is 2.34. The van der Waals surface area contributed by atoms with Gasteiger partial charge in [-0.25, -0.2) is 9.18 Å². The maximum atomic E-state index is 12.8. The molecule has 20 heavy (non-hydrogen) atoms. The van der Waals surface area contributed by atoms with Gasteiger partial charge < -0.3 is 20.8 Å². The Kier molecular flexibility index (Phi) is 5.28. The van der Waals surface area contributed by atoms with Crippen molar-refractivity contribution in [3.05, 3.63) is 29.6 Å². The highest BCUT2D eigenvalue weighted by Crippen LogP contribution is 2.35. The Labute approximate surface area is 111 Å². The van der Waals surface area contributed by atoms with Gasteiger partial charge in [-0.3, -0.25) is 0 Å². The first-order valence-electron chi connectivity index (χ1n) is 5.44. The van der Waals surface area contributed by atoms with Crippen LogP contribution in [0.5, 0.6) is 0 Å². The van der Waals surface area contributed by atoms with Gasteiger partial charge in [0, 0.05) is 6.54 Å². The Bertz CT molecular complexity index is 479. The van der Waals surface area contributed by atoms with E-state index in [1.807, 2.05) is 5.32 Å². The summed E-state index contributed by atoms with van der Waals surface area (Å²) in [5.41, 5.74) is -1.94. The number of urea groups is 1. The van der Waals surface area contributed by atoms with Crippen LogP contribution in [-0.2, 0) is 6.18 Å². The summed E-state index contributed by atoms with van der Waals surface area (Å²) in [4.78, 5) is 11.3. The predicted octanol–water partition coefficient (Wildman–Crippen LogP) is 1.32. The number of halogens is 4. The molecule has 0 aliphatic carbocycles. The summed E-state index contributed by atoms with van der Waals surface area (Å²) in [6.45, 7) is -0.949. The van der Waals surface area contributed by atoms with Crippen molar-refractivity contribution < 1.29 is 32.6 Å². The second-order valence-electron chi connectivity index (χ2n) is 3.86. The quantitative estimate of drug-likeness (QED) is 0.633. The fraction of sp³-hybridized carbons (Fsp3) is 0.364. The van der Waals surface area contributed by atoms with Crippen molar-refractivity contribution in [2.45, 2.75) is 12.3 Å². The molecule has 0 saturated carbocycles. The lowest BCUT2D eigenvalue weighted by molar-refractivity contribution is -0.137. The molecular weight excluding hydrogens is 284 g/mol. The van der Waals surface area contributed by atoms with Crippen LogP contribution in [0.1, 0.15) is 5.56 Å². The fourth-order valence-electron chi connectivity index (χ4n) is 1.30. The van der Waals surface area contributed by atoms with Gasteiger partial charge >= 0.3 is 12.2 Å². The molecule has 1 atom stereocenters. The van der Waals surface area contributed by atoms with E-state index >= 15 is 0 Å². The Morgan fingerprint density at radius 3 is 2.55 bits per heavy atom. The molecule has 0 unspecified atom stereocenters. The molecule has 5 nitrogen and oxygen atoms in total. The highest BCUT2D eigenvalue weighted by molar-refractivity contribution is 5.90. The summed E-state index contributed by atoms with van der Waals surface area (Å²) in [5.74, 6) is -1.08. The summed E-state index contributed by atoms with van der Waals surface area (Å²) in [6, 6.07) is 0.792. The molecule has 1 aromatic carbocycles. The Morgan fingerprint density at radius 1 is 1.35 bits per heavy atom. The SMILES string of the molecule is O=C(NC[C@@H](O)CO)Nc1ccc(F)cc1C(F)(F)F. The molecule has 0 bridgehead atoms. The number of carbonyl (C=O) groups excluding carboxylic acids is 1. The highest BCUT2D eigenvalue weighted by atomic mass is 19.4. The number of aliphatic hydroxyl groups is 2. The molecule has 0 fully saturated rings. The number of carbonyl (C=O) groups is 1. The van der Waals surface area contributed by atoms with E-state index in [2.05, 4.69) is 5.32 Å². The van der Waals surface area contributed by atoms with Crippen LogP contribution in [0, 0.1) is 5.82 Å². The molecule has 0 spiro atoms. The first-order chi connectivity index (χ1) is 9.24. The normalized spacial score (nSPS) is 12.9. The molecule has 9 heteroatoms. The maximum Gasteiger partial charge on any atom is 0.418 e. The van der Waals surface area contributed by atoms with Crippen LogP contribution in [0.3, 0.4) is 0 Å². The van der Waals surface area contributed by atoms with Gasteiger partial charge in [0.15, 0.2) is 0 Å². The van der Waals surface area contributed by atoms with Crippen molar-refractivity contribution in [1.82, 2.24) is 5.32 Å². The van der Waals surface area contributed by atoms with E-state index in [1.165, 1.54) is 0 Å². The number of benzene rings is 1. The molecule has 0 aliphatic rings. The minimum absolute atomic E-state index is 0.262. The van der Waals surface area contributed by atoms with Crippen molar-refractivity contribution >= 4 is 11.7 Å². The Morgan fingerprint density at radius 2 is 2.00 bits per heavy atom. The largest absolute Gasteiger partial charge is 0.418 e. The van der Waals surface area contributed by atoms with Gasteiger partial charge in [-0.2, -0.15) is 13.2 Å². The van der Waals surface area contributed by atoms with Crippen LogP contribution in [0.2, 0.25) is 0 Å². The van der Waals surface area contributed by atoms with E-state index in [1.54, 1.807) is 0 Å². The molecule has 0 radical (unpaired) electrons. The van der Waals surface area contributed by atoms with Gasteiger partial charge in [-0.1, -0.05) is 0 Å². The average Bonchev–Trinajstić information content (AvgIpc) is 2.36. The number of nitrogens with one attached hydrogen (secondary N) is 2. The number of amides is 2. The van der Waals surface area contributed by atoms with Gasteiger partial charge in [0.1, 0.15) is 5.82 Å². The van der Waals surface area contributed by atoms with E-state index in [0.29, 0.717) is 0 Å². The molecular formula is C11H12F4N2O3. The monoisotopic (exact) mass is 296 g/mol. The summed E-state index contributed by atoms with van der Waals surface area (Å²) in [7, 11) is 0. The number of rotatable bonds is 4. The third-order valence-electron chi connectivity index (χ3n) is 2.24. The topological polar surface area (TPSA) is 81.6 Å². The van der Waals surface area contributed by atoms with Crippen LogP contribution >= 0.6 is 0 Å². The third kappa shape index (κ3) is 4.67. The Balaban J connectivity index is 2.80. The van der Waals surface area contributed by atoms with Crippen LogP contribution in [0.15, 0.2) is 18.2 Å². The minimum atomic E-state index is -4.82. The fourth-order valence-corrected chi connectivity index (χ4v) is 1.30. The van der Waals surface area contributed by atoms with Crippen molar-refractivity contribution in [2.24, 2.45) is 0 Å². The van der Waals surface area contributed by atoms with Crippen LogP contribution < -0.4 is 10.6 Å². The molecule has 0 aromatic heterocycles. The van der Waals surface area contributed by atoms with Crippen molar-refractivity contribution in [1.29, 1.82) is 0 Å². The van der Waals surface area contributed by atoms with Crippen LogP contribution in [-0.4, -0.2) is 35.5 Å². The van der Waals surface area contributed by atoms with Crippen molar-refractivity contribution in [3.63, 3.8) is 0 Å². The van der Waals surface area contributed by atoms with Crippen molar-refractivity contribution in [2.75, 3.05) is 18.5 Å². The van der Waals surface area contributed by atoms with Gasteiger partial charge in [0.25, 0.3) is 0 Å². The number of alkyl halides is 3. The lowest BCUT2D eigenvalue weighted by Crippen LogP contribution is -2.37. The summed E-state index contributed by atoms with van der Waals surface area (Å²) in [5, 5.41) is 21.4. The zero-order chi connectivity index (χ0) is 15.3. The molecule has 0 aliphatic heterocycles. The number of hydrogen-bond donors (Lipinski definition) is 4. The first kappa shape index (κ1) is 16.2. The second kappa shape index (κ2) is 6.53. The molecule has 0 saturated heterocycles. The van der Waals surface area contributed by atoms with Gasteiger partial charge in [0.2, 0.25) is 0 Å². The molecule has 1 aromatic rings. The molecule has 112 valence electrons. The average molecular weight is 296 g/mol. The summed E-state index contributed by atoms with van der Waals surface area (Å²) in [6.07, 6.45) is -6.05. The van der Waals surface area contributed by atoms with Crippen LogP contribution in [0.25, 0.3) is 0 Å². The number of aliphatic hydroxyl groups excluding tert-OH is 2. The molecule has 4 N–H and O–H groups in total. The molecule has 1 rings (SSSR count). The third-order valence-corrected chi connectivity index (χ3v) is 2.24. The van der Waals surface area contributed by atoms with E-state index in [4.69, 9.17) is 10.2 Å². The maximum absolute atomic E-state index is 12.8. The number of anilines is 1. The zero-order valence-corrected chi connectivity index (χ0v) is 10.0. The predicted molar refractivity (Wildman–Crippen MR) is 61.5 cm³/mol. The lowest BCUT2D eigenvalue weighted by atomic mass is 10.1. The summed E-state index contributed by atoms with van der Waals surface area (Å²) >= 11 is 0. The zero-order valence-electron chi connectivity index (χ0n) is 10.0. The lowest BCUT2D eigenvalue weighted by Gasteiger charge is -2.15. The first-order valence-corrected chi connectivity index (χ1v) is 5.44. The van der Waals surface area contributed by atoms with Gasteiger partial charge in [-0.05, 0) is 18.2 Å². The van der Waals surface area contributed by atoms with Crippen molar-refractivity contribution in [3.8, 4) is 0 Å². The smallest absolute Gasteiger partial charge is 0.394 e. The van der Waals surface area contributed by atoms with E-state index in [-0.39, 0.29) is 12.6 Å². The molecule has 2 amide bonds. The van der Waals surface area contributed by atoms with Gasteiger partial charge in [-0.15, -0.1) is 0 Å². The van der Waals surface area contributed by atoms with E-state index in [0.717, 1.165) is 12.1 Å². The minimum Gasteiger partial charge on any atom is -0.394 e. The molecule has 0 heterocycles.